The van der Waals surface area contributed by atoms with E-state index in [1.165, 1.54) is 5.56 Å². The first-order valence-electron chi connectivity index (χ1n) is 5.22. The summed E-state index contributed by atoms with van der Waals surface area (Å²) in [6.45, 7) is 7.28. The van der Waals surface area contributed by atoms with Crippen molar-refractivity contribution in [3.8, 4) is 10.0 Å². The van der Waals surface area contributed by atoms with Crippen LogP contribution in [0.3, 0.4) is 0 Å². The zero-order valence-corrected chi connectivity index (χ0v) is 12.2. The molecule has 0 spiro atoms. The number of rotatable bonds is 2. The third-order valence-electron chi connectivity index (χ3n) is 2.51. The third-order valence-corrected chi connectivity index (χ3v) is 6.97. The van der Waals surface area contributed by atoms with Crippen LogP contribution in [-0.4, -0.2) is 22.6 Å². The molecule has 0 aliphatic heterocycles. The fourth-order valence-electron chi connectivity index (χ4n) is 1.71. The van der Waals surface area contributed by atoms with E-state index < -0.39 is 8.07 Å². The summed E-state index contributed by atoms with van der Waals surface area (Å²) in [7, 11) is -1.16. The van der Waals surface area contributed by atoms with Crippen LogP contribution in [0, 0.1) is 0 Å². The first-order chi connectivity index (χ1) is 7.09. The first-order valence-corrected chi connectivity index (χ1v) is 10.6. The van der Waals surface area contributed by atoms with Gasteiger partial charge in [-0.15, -0.1) is 0 Å². The van der Waals surface area contributed by atoms with Crippen LogP contribution in [-0.2, 0) is 0 Å². The Balaban J connectivity index is 2.51. The molecule has 78 valence electrons. The normalized spacial score (nSPS) is 11.7. The topological polar surface area (TPSA) is 0 Å². The second kappa shape index (κ2) is 4.13. The molecule has 0 bridgehead atoms. The van der Waals surface area contributed by atoms with Crippen molar-refractivity contribution in [2.75, 3.05) is 0 Å². The van der Waals surface area contributed by atoms with E-state index >= 15 is 0 Å². The van der Waals surface area contributed by atoms with E-state index in [1.807, 2.05) is 0 Å². The number of benzene rings is 1. The average molecular weight is 279 g/mol. The standard InChI is InChI=1S/C13H16SeSi/c1-15(2,3)12-9-10-14-13(12)11-7-5-4-6-8-11/h4-10H,1-3H3. The molecule has 0 nitrogen and oxygen atoms in total. The van der Waals surface area contributed by atoms with Crippen LogP contribution in [0.5, 0.6) is 0 Å². The van der Waals surface area contributed by atoms with Crippen LogP contribution >= 0.6 is 0 Å². The molecule has 2 aromatic rings. The maximum atomic E-state index is 2.43. The van der Waals surface area contributed by atoms with E-state index in [-0.39, 0.29) is 0 Å². The number of hydrogen-bond donors (Lipinski definition) is 0. The zero-order valence-electron chi connectivity index (χ0n) is 9.45. The van der Waals surface area contributed by atoms with Gasteiger partial charge < -0.3 is 0 Å². The average Bonchev–Trinajstić information content (AvgIpc) is 2.67. The summed E-state index contributed by atoms with van der Waals surface area (Å²) in [5, 5.41) is 1.65. The summed E-state index contributed by atoms with van der Waals surface area (Å²) in [6, 6.07) is 13.2. The fraction of sp³-hybridized carbons (Fsp3) is 0.231. The Bertz CT molecular complexity index is 437. The van der Waals surface area contributed by atoms with Gasteiger partial charge in [0, 0.05) is 0 Å². The molecule has 0 saturated heterocycles. The minimum atomic E-state index is -1.16. The second-order valence-corrected chi connectivity index (χ2v) is 11.7. The Labute approximate surface area is 98.7 Å². The molecule has 0 amide bonds. The van der Waals surface area contributed by atoms with Gasteiger partial charge >= 0.3 is 98.7 Å². The van der Waals surface area contributed by atoms with Crippen LogP contribution in [0.25, 0.3) is 10.0 Å². The van der Waals surface area contributed by atoms with Crippen molar-refractivity contribution in [1.29, 1.82) is 0 Å². The Morgan fingerprint density at radius 1 is 0.933 bits per heavy atom. The van der Waals surface area contributed by atoms with Crippen LogP contribution in [0.2, 0.25) is 19.6 Å². The molecule has 0 saturated carbocycles. The van der Waals surface area contributed by atoms with Gasteiger partial charge in [-0.05, 0) is 0 Å². The van der Waals surface area contributed by atoms with E-state index in [0.29, 0.717) is 14.5 Å². The SMILES string of the molecule is C[Si](C)(C)c1cc[se]c1-c1ccccc1. The minimum absolute atomic E-state index is 0.553. The van der Waals surface area contributed by atoms with E-state index in [0.717, 1.165) is 0 Å². The van der Waals surface area contributed by atoms with Gasteiger partial charge in [0.05, 0.1) is 0 Å². The van der Waals surface area contributed by atoms with Crippen LogP contribution in [0.1, 0.15) is 0 Å². The van der Waals surface area contributed by atoms with E-state index in [2.05, 4.69) is 61.0 Å². The molecule has 0 aliphatic rings. The summed E-state index contributed by atoms with van der Waals surface area (Å²) in [6.07, 6.45) is 0. The monoisotopic (exact) mass is 280 g/mol. The Morgan fingerprint density at radius 3 is 2.20 bits per heavy atom. The number of hydrogen-bond acceptors (Lipinski definition) is 0. The molecule has 1 heterocycles. The third kappa shape index (κ3) is 2.33. The van der Waals surface area contributed by atoms with Gasteiger partial charge in [0.2, 0.25) is 0 Å². The summed E-state index contributed by atoms with van der Waals surface area (Å²) in [5.41, 5.74) is 1.43. The van der Waals surface area contributed by atoms with Crippen molar-refractivity contribution >= 4 is 27.8 Å². The van der Waals surface area contributed by atoms with Crippen molar-refractivity contribution in [2.24, 2.45) is 0 Å². The van der Waals surface area contributed by atoms with E-state index in [1.54, 1.807) is 9.62 Å². The molecule has 0 radical (unpaired) electrons. The summed E-state index contributed by atoms with van der Waals surface area (Å²) < 4.78 is 1.61. The molecule has 0 unspecified atom stereocenters. The molecular weight excluding hydrogens is 263 g/mol. The van der Waals surface area contributed by atoms with Crippen molar-refractivity contribution in [3.05, 3.63) is 41.3 Å². The van der Waals surface area contributed by atoms with Gasteiger partial charge in [-0.2, -0.15) is 0 Å². The Hall–Kier alpha value is -0.564. The molecule has 15 heavy (non-hydrogen) atoms. The summed E-state index contributed by atoms with van der Waals surface area (Å²) in [5.74, 6) is 0. The molecule has 1 aromatic heterocycles. The van der Waals surface area contributed by atoms with Gasteiger partial charge in [-0.25, -0.2) is 0 Å². The molecule has 0 aliphatic carbocycles. The van der Waals surface area contributed by atoms with Gasteiger partial charge in [-0.1, -0.05) is 0 Å². The van der Waals surface area contributed by atoms with Crippen LogP contribution < -0.4 is 5.19 Å². The van der Waals surface area contributed by atoms with Gasteiger partial charge in [0.25, 0.3) is 0 Å². The Kier molecular flexibility index (Phi) is 3.01. The quantitative estimate of drug-likeness (QED) is 0.741. The molecular formula is C13H16SeSi. The maximum absolute atomic E-state index is 2.43. The molecule has 0 fully saturated rings. The molecule has 0 N–H and O–H groups in total. The summed E-state index contributed by atoms with van der Waals surface area (Å²) >= 11 is 0.553. The molecule has 2 rings (SSSR count). The fourth-order valence-corrected chi connectivity index (χ4v) is 7.32. The van der Waals surface area contributed by atoms with Crippen molar-refractivity contribution in [2.45, 2.75) is 19.6 Å². The van der Waals surface area contributed by atoms with Gasteiger partial charge in [0.1, 0.15) is 0 Å². The van der Waals surface area contributed by atoms with Crippen molar-refractivity contribution < 1.29 is 0 Å². The molecule has 0 atom stereocenters. The van der Waals surface area contributed by atoms with Gasteiger partial charge in [0.15, 0.2) is 0 Å². The van der Waals surface area contributed by atoms with E-state index in [9.17, 15) is 0 Å². The molecule has 2 heteroatoms. The molecule has 1 aromatic carbocycles. The predicted octanol–water partition coefficient (Wildman–Crippen LogP) is 2.96. The van der Waals surface area contributed by atoms with Gasteiger partial charge in [-0.3, -0.25) is 0 Å². The van der Waals surface area contributed by atoms with Crippen molar-refractivity contribution in [1.82, 2.24) is 0 Å². The summed E-state index contributed by atoms with van der Waals surface area (Å²) in [4.78, 5) is 2.36. The first kappa shape index (κ1) is 10.9. The van der Waals surface area contributed by atoms with Crippen LogP contribution in [0.4, 0.5) is 0 Å². The zero-order chi connectivity index (χ0) is 10.9. The van der Waals surface area contributed by atoms with Crippen LogP contribution in [0.15, 0.2) is 41.3 Å². The second-order valence-electron chi connectivity index (χ2n) is 4.78. The van der Waals surface area contributed by atoms with Crippen molar-refractivity contribution in [3.63, 3.8) is 0 Å². The van der Waals surface area contributed by atoms with E-state index in [4.69, 9.17) is 0 Å². The predicted molar refractivity (Wildman–Crippen MR) is 71.8 cm³/mol. The Morgan fingerprint density at radius 2 is 1.60 bits per heavy atom.